The molecule has 0 unspecified atom stereocenters. The van der Waals surface area contributed by atoms with E-state index in [4.69, 9.17) is 17.3 Å². The number of ether oxygens (including phenoxy) is 1. The van der Waals surface area contributed by atoms with Crippen molar-refractivity contribution in [2.24, 2.45) is 16.6 Å². The smallest absolute Gasteiger partial charge is 0.422 e. The molecule has 1 aromatic heterocycles. The molecule has 0 amide bonds. The third-order valence-corrected chi connectivity index (χ3v) is 7.62. The van der Waals surface area contributed by atoms with E-state index in [2.05, 4.69) is 14.7 Å². The fourth-order valence-corrected chi connectivity index (χ4v) is 5.92. The maximum Gasteiger partial charge on any atom is 0.422 e. The minimum atomic E-state index is -4.57. The molecule has 1 saturated carbocycles. The highest BCUT2D eigenvalue weighted by Gasteiger charge is 2.66. The van der Waals surface area contributed by atoms with Crippen LogP contribution in [0.3, 0.4) is 0 Å². The van der Waals surface area contributed by atoms with Crippen molar-refractivity contribution >= 4 is 34.3 Å². The molecule has 188 valence electrons. The molecular weight excluding hydrogens is 520 g/mol. The molecule has 2 aromatic rings. The number of aliphatic imine (C=N–C) groups is 1. The first-order valence-corrected chi connectivity index (χ1v) is 11.4. The minimum Gasteiger partial charge on any atom is -0.482 e. The quantitative estimate of drug-likeness (QED) is 0.379. The lowest BCUT2D eigenvalue weighted by Crippen LogP contribution is -2.37. The first-order valence-electron chi connectivity index (χ1n) is 10.2. The number of alkyl halides is 4. The molecule has 3 atom stereocenters. The normalized spacial score (nSPS) is 25.6. The summed E-state index contributed by atoms with van der Waals surface area (Å²) in [4.78, 5) is 20.8. The predicted molar refractivity (Wildman–Crippen MR) is 119 cm³/mol. The van der Waals surface area contributed by atoms with Gasteiger partial charge in [-0.3, -0.25) is 9.79 Å². The minimum absolute atomic E-state index is 0.0593. The maximum absolute atomic E-state index is 14.9. The molecule has 2 aliphatic rings. The standard InChI is InChI=1S/C22H18ClF6N3O2S/c1-20(16-6-21(16,8-24)35-19(30)32-20)12-2-10(3-14(25)17(12)26)4-15(33)18-13(23)5-11(7-31-18)34-9-22(27,28)29/h2-3,5,7,16H,4,6,8-9H2,1H3,(H2,30,32)/t16-,20+,21+/m0/s1. The number of hydrogen-bond donors (Lipinski definition) is 1. The van der Waals surface area contributed by atoms with Crippen molar-refractivity contribution in [1.82, 2.24) is 4.98 Å². The monoisotopic (exact) mass is 537 g/mol. The molecular formula is C22H18ClF6N3O2S. The number of hydrogen-bond acceptors (Lipinski definition) is 6. The van der Waals surface area contributed by atoms with Crippen molar-refractivity contribution in [2.75, 3.05) is 13.3 Å². The second kappa shape index (κ2) is 8.88. The zero-order valence-corrected chi connectivity index (χ0v) is 19.6. The zero-order valence-electron chi connectivity index (χ0n) is 18.1. The van der Waals surface area contributed by atoms with Crippen LogP contribution in [-0.2, 0) is 12.0 Å². The third-order valence-electron chi connectivity index (χ3n) is 6.06. The van der Waals surface area contributed by atoms with Crippen LogP contribution < -0.4 is 10.5 Å². The van der Waals surface area contributed by atoms with Gasteiger partial charge in [0.1, 0.15) is 18.1 Å². The summed E-state index contributed by atoms with van der Waals surface area (Å²) in [6.45, 7) is -0.725. The Morgan fingerprint density at radius 2 is 2.03 bits per heavy atom. The Balaban J connectivity index is 1.60. The Morgan fingerprint density at radius 1 is 1.31 bits per heavy atom. The van der Waals surface area contributed by atoms with Gasteiger partial charge in [-0.2, -0.15) is 13.2 Å². The highest BCUT2D eigenvalue weighted by Crippen LogP contribution is 2.66. The maximum atomic E-state index is 14.9. The predicted octanol–water partition coefficient (Wildman–Crippen LogP) is 5.38. The van der Waals surface area contributed by atoms with Crippen molar-refractivity contribution in [2.45, 2.75) is 36.2 Å². The number of carbonyl (C=O) groups is 1. The number of fused-ring (bicyclic) bond motifs is 1. The topological polar surface area (TPSA) is 77.6 Å². The molecule has 0 spiro atoms. The fourth-order valence-electron chi connectivity index (χ4n) is 4.33. The number of thioether (sulfide) groups is 1. The first kappa shape index (κ1) is 25.6. The van der Waals surface area contributed by atoms with E-state index in [0.717, 1.165) is 30.1 Å². The van der Waals surface area contributed by atoms with Crippen LogP contribution in [0.2, 0.25) is 5.02 Å². The van der Waals surface area contributed by atoms with Crippen molar-refractivity contribution in [3.8, 4) is 5.75 Å². The number of Topliss-reactive ketones (excluding diaryl/α,β-unsaturated/α-hetero) is 1. The van der Waals surface area contributed by atoms with Gasteiger partial charge in [-0.25, -0.2) is 18.2 Å². The summed E-state index contributed by atoms with van der Waals surface area (Å²) in [6, 6.07) is 3.12. The van der Waals surface area contributed by atoms with E-state index in [1.54, 1.807) is 6.92 Å². The Morgan fingerprint density at radius 3 is 2.66 bits per heavy atom. The lowest BCUT2D eigenvalue weighted by atomic mass is 9.84. The molecule has 0 bridgehead atoms. The third kappa shape index (κ3) is 4.95. The Hall–Kier alpha value is -2.47. The summed E-state index contributed by atoms with van der Waals surface area (Å²) in [5.74, 6) is -3.80. The highest BCUT2D eigenvalue weighted by atomic mass is 35.5. The van der Waals surface area contributed by atoms with Crippen LogP contribution in [0, 0.1) is 17.6 Å². The van der Waals surface area contributed by atoms with E-state index in [-0.39, 0.29) is 32.8 Å². The Labute approximate surface area is 205 Å². The van der Waals surface area contributed by atoms with E-state index in [9.17, 15) is 31.1 Å². The van der Waals surface area contributed by atoms with Crippen LogP contribution in [-0.4, -0.2) is 40.1 Å². The molecule has 1 aromatic carbocycles. The molecule has 35 heavy (non-hydrogen) atoms. The number of rotatable bonds is 7. The molecule has 0 saturated heterocycles. The van der Waals surface area contributed by atoms with Crippen molar-refractivity contribution in [1.29, 1.82) is 0 Å². The van der Waals surface area contributed by atoms with Gasteiger partial charge < -0.3 is 10.5 Å². The summed E-state index contributed by atoms with van der Waals surface area (Å²) in [5, 5.41) is -0.208. The second-order valence-corrected chi connectivity index (χ2v) is 10.4. The van der Waals surface area contributed by atoms with E-state index < -0.39 is 59.5 Å². The summed E-state index contributed by atoms with van der Waals surface area (Å²) in [7, 11) is 0. The number of nitrogens with zero attached hydrogens (tertiary/aromatic N) is 2. The van der Waals surface area contributed by atoms with Gasteiger partial charge in [-0.05, 0) is 31.0 Å². The van der Waals surface area contributed by atoms with Crippen molar-refractivity contribution < 1.29 is 35.9 Å². The fraction of sp³-hybridized carbons (Fsp3) is 0.409. The number of nitrogens with two attached hydrogens (primary N) is 1. The molecule has 1 aliphatic carbocycles. The molecule has 2 heterocycles. The molecule has 5 nitrogen and oxygen atoms in total. The average molecular weight is 538 g/mol. The number of pyridine rings is 1. The summed E-state index contributed by atoms with van der Waals surface area (Å²) < 4.78 is 83.8. The van der Waals surface area contributed by atoms with Crippen LogP contribution in [0.1, 0.15) is 35.0 Å². The van der Waals surface area contributed by atoms with Gasteiger partial charge in [0.2, 0.25) is 0 Å². The van der Waals surface area contributed by atoms with Gasteiger partial charge in [-0.15, -0.1) is 0 Å². The van der Waals surface area contributed by atoms with E-state index in [1.165, 1.54) is 6.07 Å². The van der Waals surface area contributed by atoms with Crippen molar-refractivity contribution in [3.05, 3.63) is 57.9 Å². The highest BCUT2D eigenvalue weighted by molar-refractivity contribution is 8.15. The zero-order chi connectivity index (χ0) is 25.8. The van der Waals surface area contributed by atoms with Gasteiger partial charge in [0.05, 0.1) is 21.5 Å². The lowest BCUT2D eigenvalue weighted by molar-refractivity contribution is -0.153. The number of carbonyl (C=O) groups excluding carboxylic acids is 1. The summed E-state index contributed by atoms with van der Waals surface area (Å²) in [5.41, 5.74) is 4.18. The average Bonchev–Trinajstić information content (AvgIpc) is 3.50. The molecule has 1 aliphatic heterocycles. The van der Waals surface area contributed by atoms with E-state index in [1.807, 2.05) is 0 Å². The van der Waals surface area contributed by atoms with Crippen LogP contribution in [0.25, 0.3) is 0 Å². The van der Waals surface area contributed by atoms with E-state index >= 15 is 0 Å². The van der Waals surface area contributed by atoms with Crippen LogP contribution in [0.4, 0.5) is 26.3 Å². The van der Waals surface area contributed by atoms with Gasteiger partial charge in [-0.1, -0.05) is 23.4 Å². The Bertz CT molecular complexity index is 1230. The van der Waals surface area contributed by atoms with Crippen molar-refractivity contribution in [3.63, 3.8) is 0 Å². The SMILES string of the molecule is C[C@]1(c2cc(CC(=O)c3ncc(OCC(F)(F)F)cc3Cl)cc(F)c2F)N=C(N)S[C@@]2(CF)C[C@H]21. The number of benzene rings is 1. The lowest BCUT2D eigenvalue weighted by Gasteiger charge is -2.33. The van der Waals surface area contributed by atoms with Gasteiger partial charge >= 0.3 is 6.18 Å². The number of halogens is 7. The molecule has 2 N–H and O–H groups in total. The van der Waals surface area contributed by atoms with Crippen LogP contribution in [0.15, 0.2) is 29.4 Å². The van der Waals surface area contributed by atoms with Gasteiger partial charge in [0, 0.05) is 24.0 Å². The molecule has 4 rings (SSSR count). The molecule has 0 radical (unpaired) electrons. The van der Waals surface area contributed by atoms with Crippen LogP contribution >= 0.6 is 23.4 Å². The van der Waals surface area contributed by atoms with Gasteiger partial charge in [0.25, 0.3) is 0 Å². The van der Waals surface area contributed by atoms with Crippen LogP contribution in [0.5, 0.6) is 5.75 Å². The second-order valence-electron chi connectivity index (χ2n) is 8.60. The summed E-state index contributed by atoms with van der Waals surface area (Å²) in [6.07, 6.45) is -3.73. The Kier molecular flexibility index (Phi) is 6.50. The largest absolute Gasteiger partial charge is 0.482 e. The first-order chi connectivity index (χ1) is 16.3. The number of aromatic nitrogens is 1. The number of ketones is 1. The van der Waals surface area contributed by atoms with Gasteiger partial charge in [0.15, 0.2) is 29.2 Å². The van der Waals surface area contributed by atoms with E-state index in [0.29, 0.717) is 6.42 Å². The molecule has 1 fully saturated rings. The number of amidine groups is 1. The summed E-state index contributed by atoms with van der Waals surface area (Å²) >= 11 is 7.07. The molecule has 13 heteroatoms.